The van der Waals surface area contributed by atoms with Crippen LogP contribution in [0.25, 0.3) is 0 Å². The van der Waals surface area contributed by atoms with Gasteiger partial charge in [0.2, 0.25) is 0 Å². The maximum Gasteiger partial charge on any atom is 1.00 e. The quantitative estimate of drug-likeness (QED) is 0.283. The van der Waals surface area contributed by atoms with Gasteiger partial charge in [-0.25, -0.2) is 0 Å². The topological polar surface area (TPSA) is 66.3 Å². The molecular formula is C6H9Na2O3P. The third-order valence-electron chi connectivity index (χ3n) is 0.803. The predicted molar refractivity (Wildman–Crippen MR) is 36.9 cm³/mol. The third kappa shape index (κ3) is 11.8. The molecule has 0 saturated heterocycles. The van der Waals surface area contributed by atoms with Crippen LogP contribution in [0.3, 0.4) is 0 Å². The zero-order valence-electron chi connectivity index (χ0n) is 7.60. The molecule has 58 valence electrons. The van der Waals surface area contributed by atoms with Gasteiger partial charge in [0.1, 0.15) is 0 Å². The van der Waals surface area contributed by atoms with Crippen molar-refractivity contribution in [1.82, 2.24) is 0 Å². The molecule has 0 saturated carbocycles. The van der Waals surface area contributed by atoms with E-state index in [1.165, 1.54) is 12.2 Å². The van der Waals surface area contributed by atoms with Crippen molar-refractivity contribution in [3.8, 4) is 0 Å². The molecule has 1 N–H and O–H groups in total. The van der Waals surface area contributed by atoms with E-state index in [-0.39, 0.29) is 59.1 Å². The maximum absolute atomic E-state index is 10.0. The van der Waals surface area contributed by atoms with Crippen molar-refractivity contribution in [2.45, 2.75) is 12.8 Å². The second kappa shape index (κ2) is 12.8. The Morgan fingerprint density at radius 3 is 2.08 bits per heavy atom. The molecule has 0 rings (SSSR count). The van der Waals surface area contributed by atoms with Crippen LogP contribution in [-0.4, -0.2) is 11.0 Å². The summed E-state index contributed by atoms with van der Waals surface area (Å²) < 4.78 is 0. The van der Waals surface area contributed by atoms with E-state index < -0.39 is 14.2 Å². The molecule has 0 aliphatic rings. The van der Waals surface area contributed by atoms with Crippen LogP contribution >= 0.6 is 8.38 Å². The molecule has 0 heterocycles. The van der Waals surface area contributed by atoms with Crippen molar-refractivity contribution in [2.24, 2.45) is 0 Å². The Balaban J connectivity index is -0.000000405. The van der Waals surface area contributed by atoms with E-state index >= 15 is 0 Å². The monoisotopic (exact) mass is 206 g/mol. The van der Waals surface area contributed by atoms with Crippen LogP contribution in [0.1, 0.15) is 6.92 Å². The number of allylic oxidation sites excluding steroid dienone is 3. The number of hydrogen-bond acceptors (Lipinski definition) is 3. The first-order chi connectivity index (χ1) is 4.68. The number of aliphatic hydroxyl groups is 1. The molecular weight excluding hydrogens is 197 g/mol. The molecule has 0 aromatic heterocycles. The molecule has 1 atom stereocenters. The van der Waals surface area contributed by atoms with Crippen molar-refractivity contribution in [3.63, 3.8) is 0 Å². The van der Waals surface area contributed by atoms with Gasteiger partial charge in [-0.1, -0.05) is 24.3 Å². The van der Waals surface area contributed by atoms with Gasteiger partial charge in [-0.3, -0.25) is 8.38 Å². The fourth-order valence-electron chi connectivity index (χ4n) is 0.345. The first kappa shape index (κ1) is 19.4. The summed E-state index contributed by atoms with van der Waals surface area (Å²) in [6, 6.07) is 0. The van der Waals surface area contributed by atoms with Crippen molar-refractivity contribution in [2.75, 3.05) is 0 Å². The Hall–Kier alpha value is 1.79. The summed E-state index contributed by atoms with van der Waals surface area (Å²) in [6.07, 6.45) is 6.06. The third-order valence-corrected chi connectivity index (χ3v) is 1.41. The smallest absolute Gasteiger partial charge is 0.840 e. The zero-order valence-corrected chi connectivity index (χ0v) is 12.5. The van der Waals surface area contributed by atoms with Gasteiger partial charge in [-0.2, -0.15) is 0 Å². The van der Waals surface area contributed by atoms with Crippen molar-refractivity contribution < 1.29 is 74.0 Å². The summed E-state index contributed by atoms with van der Waals surface area (Å²) in [4.78, 5) is 20.0. The summed E-state index contributed by atoms with van der Waals surface area (Å²) in [5, 5.41) is 8.64. The minimum atomic E-state index is -2.74. The molecule has 12 heavy (non-hydrogen) atoms. The van der Waals surface area contributed by atoms with Gasteiger partial charge >= 0.3 is 59.1 Å². The molecule has 0 bridgehead atoms. The van der Waals surface area contributed by atoms with E-state index in [4.69, 9.17) is 5.11 Å². The van der Waals surface area contributed by atoms with E-state index in [1.807, 2.05) is 0 Å². The largest absolute Gasteiger partial charge is 1.00 e. The van der Waals surface area contributed by atoms with E-state index in [0.717, 1.165) is 0 Å². The van der Waals surface area contributed by atoms with Crippen LogP contribution in [0.15, 0.2) is 24.3 Å². The Morgan fingerprint density at radius 1 is 1.25 bits per heavy atom. The second-order valence-corrected chi connectivity index (χ2v) is 2.71. The number of hydrogen-bond donors (Lipinski definition) is 1. The molecule has 0 aromatic rings. The number of rotatable bonds is 3. The molecule has 6 heteroatoms. The van der Waals surface area contributed by atoms with Crippen LogP contribution in [0, 0.1) is 0 Å². The molecule has 0 fully saturated rings. The normalized spacial score (nSPS) is 13.1. The molecule has 0 radical (unpaired) electrons. The molecule has 3 nitrogen and oxygen atoms in total. The molecule has 0 aliphatic carbocycles. The Labute approximate surface area is 118 Å². The van der Waals surface area contributed by atoms with E-state index in [9.17, 15) is 9.79 Å². The van der Waals surface area contributed by atoms with Crippen LogP contribution in [-0.2, 0) is 0 Å². The fourth-order valence-corrected chi connectivity index (χ4v) is 0.585. The maximum atomic E-state index is 10.0. The Kier molecular flexibility index (Phi) is 20.7. The van der Waals surface area contributed by atoms with E-state index in [1.54, 1.807) is 19.1 Å². The summed E-state index contributed by atoms with van der Waals surface area (Å²) >= 11 is 0. The molecule has 0 aromatic carbocycles. The van der Waals surface area contributed by atoms with Gasteiger partial charge in [0, 0.05) is 0 Å². The van der Waals surface area contributed by atoms with Crippen molar-refractivity contribution in [1.29, 1.82) is 0 Å². The van der Waals surface area contributed by atoms with Gasteiger partial charge in [0.25, 0.3) is 0 Å². The second-order valence-electron chi connectivity index (χ2n) is 1.61. The van der Waals surface area contributed by atoms with Crippen LogP contribution in [0.4, 0.5) is 0 Å². The van der Waals surface area contributed by atoms with Gasteiger partial charge in [0.15, 0.2) is 0 Å². The Morgan fingerprint density at radius 2 is 1.75 bits per heavy atom. The van der Waals surface area contributed by atoms with E-state index in [0.29, 0.717) is 0 Å². The van der Waals surface area contributed by atoms with Crippen LogP contribution in [0.2, 0.25) is 0 Å². The predicted octanol–water partition coefficient (Wildman–Crippen LogP) is -6.52. The first-order valence-corrected chi connectivity index (χ1v) is 4.04. The molecule has 0 amide bonds. The van der Waals surface area contributed by atoms with Gasteiger partial charge in [-0.05, 0) is 6.92 Å². The van der Waals surface area contributed by atoms with Crippen LogP contribution in [0.5, 0.6) is 0 Å². The minimum absolute atomic E-state index is 0. The first-order valence-electron chi connectivity index (χ1n) is 2.79. The van der Waals surface area contributed by atoms with Gasteiger partial charge in [0.05, 0.1) is 5.85 Å². The SMILES string of the molecule is CC=CC=CC(O)P([O-])[O-].[Na+].[Na+]. The molecule has 0 aliphatic heterocycles. The molecule has 1 unspecified atom stereocenters. The summed E-state index contributed by atoms with van der Waals surface area (Å²) in [5.41, 5.74) is 0. The summed E-state index contributed by atoms with van der Waals surface area (Å²) in [7, 11) is -2.74. The van der Waals surface area contributed by atoms with E-state index in [2.05, 4.69) is 0 Å². The van der Waals surface area contributed by atoms with Crippen molar-refractivity contribution >= 4 is 8.38 Å². The fraction of sp³-hybridized carbons (Fsp3) is 0.333. The minimum Gasteiger partial charge on any atom is -0.840 e. The van der Waals surface area contributed by atoms with Gasteiger partial charge < -0.3 is 14.9 Å². The average molecular weight is 206 g/mol. The average Bonchev–Trinajstić information content (AvgIpc) is 1.88. The number of aliphatic hydroxyl groups excluding tert-OH is 1. The summed E-state index contributed by atoms with van der Waals surface area (Å²) in [5.74, 6) is -1.36. The summed E-state index contributed by atoms with van der Waals surface area (Å²) in [6.45, 7) is 1.80. The van der Waals surface area contributed by atoms with Gasteiger partial charge in [-0.15, -0.1) is 0 Å². The Bertz CT molecular complexity index is 139. The standard InChI is InChI=1S/C6H9O3P.2Na/c1-2-3-4-5-6(7)10(8)9;;/h2-7H,1H3;;/q-2;2*+1. The van der Waals surface area contributed by atoms with Crippen molar-refractivity contribution in [3.05, 3.63) is 24.3 Å². The molecule has 0 spiro atoms. The zero-order chi connectivity index (χ0) is 7.98. The van der Waals surface area contributed by atoms with Crippen LogP contribution < -0.4 is 68.9 Å².